The number of benzene rings is 2. The quantitative estimate of drug-likeness (QED) is 0.534. The number of nitrogens with zero attached hydrogens (tertiary/aromatic N) is 1. The number of carbonyl (C=O) groups is 1. The lowest BCUT2D eigenvalue weighted by Gasteiger charge is -2.29. The van der Waals surface area contributed by atoms with Crippen LogP contribution in [-0.4, -0.2) is 28.4 Å². The number of rotatable bonds is 6. The second kappa shape index (κ2) is 8.64. The Kier molecular flexibility index (Phi) is 5.90. The first-order valence-electron chi connectivity index (χ1n) is 9.43. The number of ketones is 1. The maximum Gasteiger partial charge on any atom is 0.270 e. The molecule has 10 heteroatoms. The first kappa shape index (κ1) is 21.8. The van der Waals surface area contributed by atoms with Crippen LogP contribution in [0.15, 0.2) is 65.0 Å². The lowest BCUT2D eigenvalue weighted by molar-refractivity contribution is 0.104. The Labute approximate surface area is 188 Å². The average Bonchev–Trinajstić information content (AvgIpc) is 3.27. The van der Waals surface area contributed by atoms with E-state index in [1.54, 1.807) is 29.6 Å². The highest BCUT2D eigenvalue weighted by Crippen LogP contribution is 2.39. The number of thiophene rings is 1. The fourth-order valence-corrected chi connectivity index (χ4v) is 5.76. The normalized spacial score (nSPS) is 16.0. The van der Waals surface area contributed by atoms with E-state index in [2.05, 4.69) is 5.32 Å². The van der Waals surface area contributed by atoms with Gasteiger partial charge in [-0.3, -0.25) is 9.10 Å². The van der Waals surface area contributed by atoms with Crippen molar-refractivity contribution in [2.24, 2.45) is 0 Å². The van der Waals surface area contributed by atoms with E-state index in [9.17, 15) is 17.6 Å². The van der Waals surface area contributed by atoms with Crippen molar-refractivity contribution in [3.8, 4) is 11.5 Å². The Hall–Kier alpha value is -3.37. The van der Waals surface area contributed by atoms with Crippen LogP contribution in [0.4, 0.5) is 15.8 Å². The molecule has 0 spiro atoms. The highest BCUT2D eigenvalue weighted by molar-refractivity contribution is 7.97. The van der Waals surface area contributed by atoms with Gasteiger partial charge >= 0.3 is 0 Å². The molecule has 1 aromatic heterocycles. The van der Waals surface area contributed by atoms with Crippen molar-refractivity contribution in [2.45, 2.75) is 6.54 Å². The third-order valence-corrected chi connectivity index (χ3v) is 7.59. The van der Waals surface area contributed by atoms with Gasteiger partial charge in [0.15, 0.2) is 4.91 Å². The van der Waals surface area contributed by atoms with Crippen LogP contribution in [0, 0.1) is 5.82 Å². The number of halogens is 1. The van der Waals surface area contributed by atoms with Crippen LogP contribution in [0.1, 0.15) is 15.2 Å². The van der Waals surface area contributed by atoms with E-state index in [1.165, 1.54) is 44.7 Å². The number of anilines is 2. The van der Waals surface area contributed by atoms with E-state index in [0.29, 0.717) is 33.3 Å². The zero-order chi connectivity index (χ0) is 22.9. The predicted octanol–water partition coefficient (Wildman–Crippen LogP) is 4.39. The highest BCUT2D eigenvalue weighted by Gasteiger charge is 2.41. The van der Waals surface area contributed by atoms with Crippen molar-refractivity contribution in [3.63, 3.8) is 0 Å². The molecule has 1 N–H and O–H groups in total. The van der Waals surface area contributed by atoms with Gasteiger partial charge in [0.05, 0.1) is 32.1 Å². The molecule has 0 amide bonds. The number of allylic oxidation sites excluding steroid dienone is 1. The number of methoxy groups -OCH3 is 2. The van der Waals surface area contributed by atoms with E-state index < -0.39 is 26.5 Å². The maximum absolute atomic E-state index is 13.4. The van der Waals surface area contributed by atoms with Crippen LogP contribution >= 0.6 is 11.3 Å². The second-order valence-corrected chi connectivity index (χ2v) is 9.57. The summed E-state index contributed by atoms with van der Waals surface area (Å²) in [7, 11) is -1.19. The standard InChI is InChI=1S/C22H19FN2O5S2/c1-29-16-7-8-17(19(11-16)30-2)24-12-20-21(26)22-18(9-10-31-22)25(32(20,27)28)13-14-3-5-15(23)6-4-14/h3-12,24H,13H2,1-2H3. The van der Waals surface area contributed by atoms with Gasteiger partial charge in [-0.1, -0.05) is 12.1 Å². The van der Waals surface area contributed by atoms with Crippen LogP contribution in [-0.2, 0) is 16.6 Å². The smallest absolute Gasteiger partial charge is 0.270 e. The van der Waals surface area contributed by atoms with Crippen LogP contribution < -0.4 is 19.1 Å². The molecule has 1 aliphatic rings. The highest BCUT2D eigenvalue weighted by atomic mass is 32.2. The summed E-state index contributed by atoms with van der Waals surface area (Å²) in [6.45, 7) is -0.0389. The number of fused-ring (bicyclic) bond motifs is 1. The summed E-state index contributed by atoms with van der Waals surface area (Å²) in [5, 5.41) is 4.54. The molecule has 2 aromatic carbocycles. The summed E-state index contributed by atoms with van der Waals surface area (Å²) in [4.78, 5) is 12.9. The molecule has 3 aromatic rings. The molecule has 2 heterocycles. The van der Waals surface area contributed by atoms with Crippen LogP contribution in [0.3, 0.4) is 0 Å². The molecule has 0 bridgehead atoms. The van der Waals surface area contributed by atoms with Crippen molar-refractivity contribution in [1.82, 2.24) is 0 Å². The predicted molar refractivity (Wildman–Crippen MR) is 121 cm³/mol. The number of Topliss-reactive ketones (excluding diaryl/α,β-unsaturated/α-hetero) is 1. The van der Waals surface area contributed by atoms with Gasteiger partial charge in [-0.15, -0.1) is 11.3 Å². The molecule has 0 unspecified atom stereocenters. The minimum Gasteiger partial charge on any atom is -0.497 e. The number of sulfonamides is 1. The van der Waals surface area contributed by atoms with Crippen molar-refractivity contribution in [1.29, 1.82) is 0 Å². The van der Waals surface area contributed by atoms with Crippen LogP contribution in [0.25, 0.3) is 0 Å². The van der Waals surface area contributed by atoms with E-state index >= 15 is 0 Å². The molecule has 7 nitrogen and oxygen atoms in total. The molecule has 166 valence electrons. The summed E-state index contributed by atoms with van der Waals surface area (Å²) in [5.74, 6) is -0.0258. The van der Waals surface area contributed by atoms with Crippen molar-refractivity contribution in [3.05, 3.63) is 81.3 Å². The van der Waals surface area contributed by atoms with Crippen molar-refractivity contribution < 1.29 is 27.1 Å². The Morgan fingerprint density at radius 3 is 2.53 bits per heavy atom. The summed E-state index contributed by atoms with van der Waals surface area (Å²) in [5.41, 5.74) is 1.36. The van der Waals surface area contributed by atoms with Gasteiger partial charge in [0, 0.05) is 12.3 Å². The molecule has 0 saturated carbocycles. The largest absolute Gasteiger partial charge is 0.497 e. The Morgan fingerprint density at radius 1 is 1.09 bits per heavy atom. The fraction of sp³-hybridized carbons (Fsp3) is 0.136. The topological polar surface area (TPSA) is 84.9 Å². The van der Waals surface area contributed by atoms with Crippen molar-refractivity contribution >= 4 is 38.5 Å². The van der Waals surface area contributed by atoms with Gasteiger partial charge in [-0.25, -0.2) is 12.8 Å². The Bertz CT molecular complexity index is 1300. The van der Waals surface area contributed by atoms with Gasteiger partial charge in [0.1, 0.15) is 22.2 Å². The molecule has 4 rings (SSSR count). The van der Waals surface area contributed by atoms with Gasteiger partial charge in [0.25, 0.3) is 10.0 Å². The third-order valence-electron chi connectivity index (χ3n) is 4.92. The van der Waals surface area contributed by atoms with Crippen LogP contribution in [0.5, 0.6) is 11.5 Å². The average molecular weight is 475 g/mol. The monoisotopic (exact) mass is 474 g/mol. The first-order chi connectivity index (χ1) is 15.3. The van der Waals surface area contributed by atoms with E-state index in [-0.39, 0.29) is 6.54 Å². The second-order valence-electron chi connectivity index (χ2n) is 6.82. The maximum atomic E-state index is 13.4. The molecule has 0 saturated heterocycles. The first-order valence-corrected chi connectivity index (χ1v) is 11.7. The molecule has 0 aliphatic carbocycles. The number of nitrogens with one attached hydrogen (secondary N) is 1. The number of hydrogen-bond acceptors (Lipinski definition) is 7. The molecular weight excluding hydrogens is 455 g/mol. The zero-order valence-electron chi connectivity index (χ0n) is 17.2. The Balaban J connectivity index is 1.73. The molecule has 0 fully saturated rings. The number of hydrogen-bond donors (Lipinski definition) is 1. The fourth-order valence-electron chi connectivity index (χ4n) is 3.27. The molecular formula is C22H19FN2O5S2. The van der Waals surface area contributed by atoms with E-state index in [0.717, 1.165) is 15.6 Å². The van der Waals surface area contributed by atoms with Gasteiger partial charge in [-0.2, -0.15) is 0 Å². The Morgan fingerprint density at radius 2 is 1.84 bits per heavy atom. The van der Waals surface area contributed by atoms with Gasteiger partial charge in [-0.05, 0) is 41.3 Å². The molecule has 32 heavy (non-hydrogen) atoms. The molecule has 0 atom stereocenters. The summed E-state index contributed by atoms with van der Waals surface area (Å²) in [6, 6.07) is 12.1. The van der Waals surface area contributed by atoms with Gasteiger partial charge < -0.3 is 14.8 Å². The minimum absolute atomic E-state index is 0.0389. The van der Waals surface area contributed by atoms with Gasteiger partial charge in [0.2, 0.25) is 5.78 Å². The minimum atomic E-state index is -4.18. The number of ether oxygens (including phenoxy) is 2. The lowest BCUT2D eigenvalue weighted by atomic mass is 10.2. The van der Waals surface area contributed by atoms with E-state index in [1.807, 2.05) is 0 Å². The zero-order valence-corrected chi connectivity index (χ0v) is 18.8. The SMILES string of the molecule is COc1ccc(NC=C2C(=O)c3sccc3N(Cc3ccc(F)cc3)S2(=O)=O)c(OC)c1. The summed E-state index contributed by atoms with van der Waals surface area (Å²) < 4.78 is 51.7. The summed E-state index contributed by atoms with van der Waals surface area (Å²) in [6.07, 6.45) is 1.17. The third kappa shape index (κ3) is 3.94. The number of carbonyl (C=O) groups excluding carboxylic acids is 1. The molecule has 1 aliphatic heterocycles. The lowest BCUT2D eigenvalue weighted by Crippen LogP contribution is -2.38. The molecule has 0 radical (unpaired) electrons. The van der Waals surface area contributed by atoms with Crippen molar-refractivity contribution in [2.75, 3.05) is 23.8 Å². The summed E-state index contributed by atoms with van der Waals surface area (Å²) >= 11 is 1.16. The van der Waals surface area contributed by atoms with E-state index in [4.69, 9.17) is 9.47 Å². The van der Waals surface area contributed by atoms with Crippen LogP contribution in [0.2, 0.25) is 0 Å².